The molecular weight excluding hydrogens is 212 g/mol. The summed E-state index contributed by atoms with van der Waals surface area (Å²) in [4.78, 5) is 35.6. The molecule has 0 radical (unpaired) electrons. The molecule has 6 heteroatoms. The van der Waals surface area contributed by atoms with E-state index in [1.165, 1.54) is 4.90 Å². The van der Waals surface area contributed by atoms with E-state index < -0.39 is 17.9 Å². The van der Waals surface area contributed by atoms with Crippen LogP contribution in [0.3, 0.4) is 0 Å². The van der Waals surface area contributed by atoms with Crippen LogP contribution < -0.4 is 5.32 Å². The summed E-state index contributed by atoms with van der Waals surface area (Å²) < 4.78 is 4.98. The van der Waals surface area contributed by atoms with Gasteiger partial charge in [-0.2, -0.15) is 0 Å². The lowest BCUT2D eigenvalue weighted by Crippen LogP contribution is -2.60. The number of carbonyl (C=O) groups excluding carboxylic acids is 3. The average Bonchev–Trinajstić information content (AvgIpc) is 2.24. The van der Waals surface area contributed by atoms with Crippen LogP contribution in [0.25, 0.3) is 0 Å². The number of ether oxygens (including phenoxy) is 1. The molecular formula is C10H16N2O4. The molecule has 1 N–H and O–H groups in total. The third-order valence-corrected chi connectivity index (χ3v) is 2.39. The predicted octanol–water partition coefficient (Wildman–Crippen LogP) is -0.713. The third-order valence-electron chi connectivity index (χ3n) is 2.39. The first kappa shape index (κ1) is 12.6. The molecule has 0 aliphatic carbocycles. The molecule has 0 aromatic carbocycles. The summed E-state index contributed by atoms with van der Waals surface area (Å²) in [7, 11) is 0. The molecule has 0 saturated carbocycles. The van der Waals surface area contributed by atoms with E-state index in [1.807, 2.05) is 0 Å². The molecule has 0 aromatic heterocycles. The van der Waals surface area contributed by atoms with Gasteiger partial charge < -0.3 is 9.64 Å². The van der Waals surface area contributed by atoms with Gasteiger partial charge in [-0.3, -0.25) is 19.7 Å². The number of hydrogen-bond donors (Lipinski definition) is 1. The van der Waals surface area contributed by atoms with E-state index in [9.17, 15) is 14.4 Å². The van der Waals surface area contributed by atoms with Crippen molar-refractivity contribution in [2.45, 2.75) is 26.3 Å². The standard InChI is InChI=1S/C10H16N2O4/c1-3-7-10(15)11-8(13)5-12(7)9(14)6-16-4-2/h7H,3-6H2,1-2H3,(H,11,13,15). The highest BCUT2D eigenvalue weighted by Crippen LogP contribution is 2.09. The van der Waals surface area contributed by atoms with Crippen molar-refractivity contribution >= 4 is 17.7 Å². The number of piperazine rings is 1. The van der Waals surface area contributed by atoms with Gasteiger partial charge in [-0.15, -0.1) is 0 Å². The first-order valence-corrected chi connectivity index (χ1v) is 5.31. The van der Waals surface area contributed by atoms with Crippen LogP contribution >= 0.6 is 0 Å². The van der Waals surface area contributed by atoms with Gasteiger partial charge in [0.2, 0.25) is 17.7 Å². The fourth-order valence-electron chi connectivity index (χ4n) is 1.61. The van der Waals surface area contributed by atoms with Crippen molar-refractivity contribution in [1.29, 1.82) is 0 Å². The Balaban J connectivity index is 2.70. The van der Waals surface area contributed by atoms with Crippen LogP contribution in [-0.2, 0) is 19.1 Å². The van der Waals surface area contributed by atoms with Crippen molar-refractivity contribution in [2.24, 2.45) is 0 Å². The first-order valence-electron chi connectivity index (χ1n) is 5.31. The third kappa shape index (κ3) is 2.79. The zero-order valence-electron chi connectivity index (χ0n) is 9.49. The molecule has 0 bridgehead atoms. The van der Waals surface area contributed by atoms with Crippen LogP contribution in [0, 0.1) is 0 Å². The largest absolute Gasteiger partial charge is 0.372 e. The zero-order valence-corrected chi connectivity index (χ0v) is 9.49. The Hall–Kier alpha value is -1.43. The second-order valence-electron chi connectivity index (χ2n) is 3.50. The number of amides is 3. The van der Waals surface area contributed by atoms with E-state index in [4.69, 9.17) is 4.74 Å². The van der Waals surface area contributed by atoms with Gasteiger partial charge in [0.05, 0.1) is 0 Å². The minimum atomic E-state index is -0.564. The van der Waals surface area contributed by atoms with Crippen molar-refractivity contribution in [3.05, 3.63) is 0 Å². The monoisotopic (exact) mass is 228 g/mol. The van der Waals surface area contributed by atoms with Crippen molar-refractivity contribution in [2.75, 3.05) is 19.8 Å². The molecule has 6 nitrogen and oxygen atoms in total. The van der Waals surface area contributed by atoms with Crippen LogP contribution in [0.4, 0.5) is 0 Å². The fourth-order valence-corrected chi connectivity index (χ4v) is 1.61. The van der Waals surface area contributed by atoms with Crippen LogP contribution in [0.15, 0.2) is 0 Å². The number of imide groups is 1. The lowest BCUT2D eigenvalue weighted by Gasteiger charge is -2.33. The van der Waals surface area contributed by atoms with Crippen LogP contribution in [0.5, 0.6) is 0 Å². The van der Waals surface area contributed by atoms with E-state index in [-0.39, 0.29) is 19.1 Å². The summed E-state index contributed by atoms with van der Waals surface area (Å²) in [6.45, 7) is 3.83. The van der Waals surface area contributed by atoms with E-state index in [2.05, 4.69) is 5.32 Å². The molecule has 1 saturated heterocycles. The summed E-state index contributed by atoms with van der Waals surface area (Å²) in [5.41, 5.74) is 0. The first-order chi connectivity index (χ1) is 7.60. The average molecular weight is 228 g/mol. The van der Waals surface area contributed by atoms with E-state index in [0.717, 1.165) is 0 Å². The Labute approximate surface area is 93.9 Å². The smallest absolute Gasteiger partial charge is 0.249 e. The Kier molecular flexibility index (Phi) is 4.42. The van der Waals surface area contributed by atoms with E-state index in [0.29, 0.717) is 13.0 Å². The van der Waals surface area contributed by atoms with Crippen molar-refractivity contribution in [1.82, 2.24) is 10.2 Å². The maximum atomic E-state index is 11.7. The van der Waals surface area contributed by atoms with E-state index in [1.54, 1.807) is 13.8 Å². The lowest BCUT2D eigenvalue weighted by atomic mass is 10.1. The maximum absolute atomic E-state index is 11.7. The number of hydrogen-bond acceptors (Lipinski definition) is 4. The van der Waals surface area contributed by atoms with Gasteiger partial charge in [-0.05, 0) is 13.3 Å². The van der Waals surface area contributed by atoms with Crippen molar-refractivity contribution in [3.63, 3.8) is 0 Å². The van der Waals surface area contributed by atoms with Crippen LogP contribution in [0.2, 0.25) is 0 Å². The summed E-state index contributed by atoms with van der Waals surface area (Å²) in [5.74, 6) is -1.18. The van der Waals surface area contributed by atoms with Gasteiger partial charge in [0.15, 0.2) is 0 Å². The fraction of sp³-hybridized carbons (Fsp3) is 0.700. The molecule has 1 heterocycles. The van der Waals surface area contributed by atoms with E-state index >= 15 is 0 Å². The minimum absolute atomic E-state index is 0.0733. The van der Waals surface area contributed by atoms with Gasteiger partial charge in [0.25, 0.3) is 0 Å². The second-order valence-corrected chi connectivity index (χ2v) is 3.50. The molecule has 3 amide bonds. The lowest BCUT2D eigenvalue weighted by molar-refractivity contribution is -0.152. The molecule has 1 rings (SSSR count). The molecule has 0 spiro atoms. The van der Waals surface area contributed by atoms with Crippen molar-refractivity contribution < 1.29 is 19.1 Å². The maximum Gasteiger partial charge on any atom is 0.249 e. The van der Waals surface area contributed by atoms with Gasteiger partial charge >= 0.3 is 0 Å². The Morgan fingerprint density at radius 3 is 2.75 bits per heavy atom. The summed E-state index contributed by atoms with van der Waals surface area (Å²) in [6, 6.07) is -0.564. The van der Waals surface area contributed by atoms with Crippen LogP contribution in [0.1, 0.15) is 20.3 Å². The summed E-state index contributed by atoms with van der Waals surface area (Å²) >= 11 is 0. The molecule has 0 aromatic rings. The molecule has 1 unspecified atom stereocenters. The molecule has 1 aliphatic rings. The highest BCUT2D eigenvalue weighted by molar-refractivity contribution is 6.04. The molecule has 1 fully saturated rings. The summed E-state index contributed by atoms with van der Waals surface area (Å²) in [6.07, 6.45) is 0.483. The Morgan fingerprint density at radius 1 is 1.50 bits per heavy atom. The topological polar surface area (TPSA) is 75.7 Å². The second kappa shape index (κ2) is 5.60. The number of carbonyl (C=O) groups is 3. The number of rotatable bonds is 4. The molecule has 1 aliphatic heterocycles. The van der Waals surface area contributed by atoms with Gasteiger partial charge in [0, 0.05) is 6.61 Å². The predicted molar refractivity (Wildman–Crippen MR) is 55.4 cm³/mol. The van der Waals surface area contributed by atoms with Gasteiger partial charge in [-0.1, -0.05) is 6.92 Å². The van der Waals surface area contributed by atoms with Crippen LogP contribution in [-0.4, -0.2) is 48.4 Å². The quantitative estimate of drug-likeness (QED) is 0.645. The Bertz CT molecular complexity index is 303. The SMILES string of the molecule is CCOCC(=O)N1CC(=O)NC(=O)C1CC. The highest BCUT2D eigenvalue weighted by Gasteiger charge is 2.35. The number of nitrogens with zero attached hydrogens (tertiary/aromatic N) is 1. The molecule has 90 valence electrons. The normalized spacial score (nSPS) is 20.9. The van der Waals surface area contributed by atoms with Gasteiger partial charge in [0.1, 0.15) is 19.2 Å². The zero-order chi connectivity index (χ0) is 12.1. The Morgan fingerprint density at radius 2 is 2.19 bits per heavy atom. The molecule has 16 heavy (non-hydrogen) atoms. The highest BCUT2D eigenvalue weighted by atomic mass is 16.5. The molecule has 1 atom stereocenters. The van der Waals surface area contributed by atoms with Gasteiger partial charge in [-0.25, -0.2) is 0 Å². The number of nitrogens with one attached hydrogen (secondary N) is 1. The summed E-state index contributed by atoms with van der Waals surface area (Å²) in [5, 5.41) is 2.21. The minimum Gasteiger partial charge on any atom is -0.372 e. The van der Waals surface area contributed by atoms with Crippen molar-refractivity contribution in [3.8, 4) is 0 Å².